The van der Waals surface area contributed by atoms with E-state index in [4.69, 9.17) is 9.15 Å². The van der Waals surface area contributed by atoms with Crippen LogP contribution in [0.5, 0.6) is 0 Å². The van der Waals surface area contributed by atoms with Gasteiger partial charge in [-0.1, -0.05) is 39.3 Å². The number of imide groups is 1. The number of amides is 3. The summed E-state index contributed by atoms with van der Waals surface area (Å²) in [7, 11) is 0. The van der Waals surface area contributed by atoms with Gasteiger partial charge in [0.2, 0.25) is 0 Å². The van der Waals surface area contributed by atoms with E-state index < -0.39 is 29.7 Å². The van der Waals surface area contributed by atoms with E-state index in [1.54, 1.807) is 0 Å². The van der Waals surface area contributed by atoms with Gasteiger partial charge in [0.15, 0.2) is 0 Å². The summed E-state index contributed by atoms with van der Waals surface area (Å²) in [5.74, 6) is -0.576. The molecule has 1 N–H and O–H groups in total. The molecule has 1 aromatic heterocycles. The highest BCUT2D eigenvalue weighted by atomic mass is 16.5. The Morgan fingerprint density at radius 1 is 1.20 bits per heavy atom. The molecule has 188 valence electrons. The van der Waals surface area contributed by atoms with Gasteiger partial charge in [-0.25, -0.2) is 9.59 Å². The Labute approximate surface area is 205 Å². The minimum atomic E-state index is -0.929. The van der Waals surface area contributed by atoms with E-state index in [0.717, 1.165) is 35.3 Å². The van der Waals surface area contributed by atoms with Crippen LogP contribution in [-0.4, -0.2) is 34.9 Å². The van der Waals surface area contributed by atoms with Crippen LogP contribution in [0.25, 0.3) is 11.0 Å². The molecule has 1 spiro atoms. The van der Waals surface area contributed by atoms with Crippen LogP contribution in [0.2, 0.25) is 0 Å². The van der Waals surface area contributed by atoms with Gasteiger partial charge in [0.25, 0.3) is 5.91 Å². The number of nitrogens with one attached hydrogen (secondary N) is 1. The van der Waals surface area contributed by atoms with Crippen LogP contribution in [0, 0.1) is 25.2 Å². The number of nitrogens with zero attached hydrogens (tertiary/aromatic N) is 1. The summed E-state index contributed by atoms with van der Waals surface area (Å²) in [6, 6.07) is 4.47. The molecule has 0 atom stereocenters. The lowest BCUT2D eigenvalue weighted by atomic mass is 9.65. The first-order chi connectivity index (χ1) is 16.5. The molecule has 2 heterocycles. The van der Waals surface area contributed by atoms with Crippen molar-refractivity contribution in [3.8, 4) is 0 Å². The SMILES string of the molecule is CCC(C)(C)C1CCC2(CC1)NC(=O)N(CC(=O)OCc1cc(=O)oc3c(C)c(C)ccc13)C2=O. The Balaban J connectivity index is 1.42. The van der Waals surface area contributed by atoms with Crippen molar-refractivity contribution in [2.75, 3.05) is 6.54 Å². The molecule has 1 aliphatic carbocycles. The third-order valence-corrected chi connectivity index (χ3v) is 8.29. The molecule has 0 radical (unpaired) electrons. The predicted octanol–water partition coefficient (Wildman–Crippen LogP) is 4.37. The topological polar surface area (TPSA) is 106 Å². The molecular formula is C27H34N2O6. The molecule has 35 heavy (non-hydrogen) atoms. The highest BCUT2D eigenvalue weighted by Crippen LogP contribution is 2.45. The molecule has 2 aromatic rings. The number of ether oxygens (including phenoxy) is 1. The molecule has 1 saturated carbocycles. The molecule has 1 saturated heterocycles. The van der Waals surface area contributed by atoms with Crippen molar-refractivity contribution >= 4 is 28.9 Å². The second kappa shape index (κ2) is 9.13. The maximum absolute atomic E-state index is 13.2. The second-order valence-electron chi connectivity index (χ2n) is 10.7. The minimum absolute atomic E-state index is 0.161. The van der Waals surface area contributed by atoms with E-state index >= 15 is 0 Å². The van der Waals surface area contributed by atoms with E-state index in [-0.39, 0.29) is 17.9 Å². The van der Waals surface area contributed by atoms with Gasteiger partial charge in [0.1, 0.15) is 24.3 Å². The number of aryl methyl sites for hydroxylation is 2. The van der Waals surface area contributed by atoms with Crippen molar-refractivity contribution in [3.05, 3.63) is 45.3 Å². The Bertz CT molecular complexity index is 1240. The van der Waals surface area contributed by atoms with Gasteiger partial charge >= 0.3 is 17.6 Å². The molecule has 3 amide bonds. The molecule has 1 aromatic carbocycles. The Kier molecular flexibility index (Phi) is 6.51. The van der Waals surface area contributed by atoms with Crippen LogP contribution in [0.4, 0.5) is 4.79 Å². The van der Waals surface area contributed by atoms with E-state index in [1.165, 1.54) is 6.07 Å². The van der Waals surface area contributed by atoms with Crippen LogP contribution < -0.4 is 10.9 Å². The molecule has 8 heteroatoms. The molecule has 0 unspecified atom stereocenters. The summed E-state index contributed by atoms with van der Waals surface area (Å²) in [6.07, 6.45) is 3.91. The fraction of sp³-hybridized carbons (Fsp3) is 0.556. The molecule has 4 rings (SSSR count). The summed E-state index contributed by atoms with van der Waals surface area (Å²) in [5.41, 5.74) is 1.52. The quantitative estimate of drug-likeness (QED) is 0.372. The van der Waals surface area contributed by atoms with Gasteiger partial charge in [-0.15, -0.1) is 0 Å². The summed E-state index contributed by atoms with van der Waals surface area (Å²) in [4.78, 5) is 51.4. The van der Waals surface area contributed by atoms with Crippen LogP contribution in [0.1, 0.15) is 69.6 Å². The zero-order chi connectivity index (χ0) is 25.5. The highest BCUT2D eigenvalue weighted by molar-refractivity contribution is 6.08. The lowest BCUT2D eigenvalue weighted by Crippen LogP contribution is -2.51. The number of esters is 1. The first-order valence-corrected chi connectivity index (χ1v) is 12.3. The van der Waals surface area contributed by atoms with E-state index in [2.05, 4.69) is 26.1 Å². The van der Waals surface area contributed by atoms with Crippen molar-refractivity contribution in [1.82, 2.24) is 10.2 Å². The third-order valence-electron chi connectivity index (χ3n) is 8.29. The molecule has 2 aliphatic rings. The van der Waals surface area contributed by atoms with Gasteiger partial charge in [-0.3, -0.25) is 14.5 Å². The lowest BCUT2D eigenvalue weighted by Gasteiger charge is -2.42. The van der Waals surface area contributed by atoms with E-state index in [9.17, 15) is 19.2 Å². The van der Waals surface area contributed by atoms with Crippen LogP contribution >= 0.6 is 0 Å². The first-order valence-electron chi connectivity index (χ1n) is 12.3. The Morgan fingerprint density at radius 2 is 1.89 bits per heavy atom. The summed E-state index contributed by atoms with van der Waals surface area (Å²) < 4.78 is 10.7. The molecular weight excluding hydrogens is 448 g/mol. The fourth-order valence-electron chi connectivity index (χ4n) is 5.32. The normalized spacial score (nSPS) is 22.7. The number of rotatable bonds is 6. The third kappa shape index (κ3) is 4.58. The molecule has 0 bridgehead atoms. The van der Waals surface area contributed by atoms with Crippen LogP contribution in [-0.2, 0) is 20.9 Å². The first kappa shape index (κ1) is 24.9. The number of hydrogen-bond donors (Lipinski definition) is 1. The minimum Gasteiger partial charge on any atom is -0.459 e. The molecule has 1 aliphatic heterocycles. The molecule has 2 fully saturated rings. The summed E-state index contributed by atoms with van der Waals surface area (Å²) in [5, 5.41) is 3.54. The van der Waals surface area contributed by atoms with Gasteiger partial charge < -0.3 is 14.5 Å². The molecule has 8 nitrogen and oxygen atoms in total. The average Bonchev–Trinajstić information content (AvgIpc) is 3.04. The second-order valence-corrected chi connectivity index (χ2v) is 10.7. The van der Waals surface area contributed by atoms with Gasteiger partial charge in [-0.05, 0) is 62.0 Å². The van der Waals surface area contributed by atoms with Crippen molar-refractivity contribution in [1.29, 1.82) is 0 Å². The van der Waals surface area contributed by atoms with Crippen LogP contribution in [0.15, 0.2) is 27.4 Å². The zero-order valence-electron chi connectivity index (χ0n) is 21.2. The average molecular weight is 483 g/mol. The van der Waals surface area contributed by atoms with Crippen molar-refractivity contribution in [2.24, 2.45) is 11.3 Å². The standard InChI is InChI=1S/C27H34N2O6/c1-6-26(4,5)19-9-11-27(12-10-19)24(32)29(25(33)28-27)14-22(31)34-15-18-13-21(30)35-23-17(3)16(2)7-8-20(18)23/h7-8,13,19H,6,9-12,14-15H2,1-5H3,(H,28,33). The van der Waals surface area contributed by atoms with Gasteiger partial charge in [-0.2, -0.15) is 0 Å². The van der Waals surface area contributed by atoms with Crippen LogP contribution in [0.3, 0.4) is 0 Å². The number of carbonyl (C=O) groups excluding carboxylic acids is 3. The smallest absolute Gasteiger partial charge is 0.336 e. The maximum atomic E-state index is 13.2. The van der Waals surface area contributed by atoms with Crippen molar-refractivity contribution in [2.45, 2.75) is 78.9 Å². The lowest BCUT2D eigenvalue weighted by molar-refractivity contribution is -0.149. The fourth-order valence-corrected chi connectivity index (χ4v) is 5.32. The number of hydrogen-bond acceptors (Lipinski definition) is 6. The summed E-state index contributed by atoms with van der Waals surface area (Å²) in [6.45, 7) is 9.82. The number of benzene rings is 1. The Morgan fingerprint density at radius 3 is 2.54 bits per heavy atom. The monoisotopic (exact) mass is 482 g/mol. The zero-order valence-corrected chi connectivity index (χ0v) is 21.2. The number of carbonyl (C=O) groups is 3. The predicted molar refractivity (Wildman–Crippen MR) is 131 cm³/mol. The van der Waals surface area contributed by atoms with E-state index in [0.29, 0.717) is 35.3 Å². The Hall–Kier alpha value is -3.16. The van der Waals surface area contributed by atoms with Crippen molar-refractivity contribution < 1.29 is 23.5 Å². The highest BCUT2D eigenvalue weighted by Gasteiger charge is 2.53. The number of fused-ring (bicyclic) bond motifs is 1. The van der Waals surface area contributed by atoms with Gasteiger partial charge in [0, 0.05) is 17.0 Å². The number of urea groups is 1. The van der Waals surface area contributed by atoms with E-state index in [1.807, 2.05) is 26.0 Å². The maximum Gasteiger partial charge on any atom is 0.336 e. The summed E-state index contributed by atoms with van der Waals surface area (Å²) >= 11 is 0. The van der Waals surface area contributed by atoms with Crippen molar-refractivity contribution in [3.63, 3.8) is 0 Å². The largest absolute Gasteiger partial charge is 0.459 e. The van der Waals surface area contributed by atoms with Gasteiger partial charge in [0.05, 0.1) is 0 Å².